The maximum absolute atomic E-state index is 13.8. The Morgan fingerprint density at radius 3 is 1.36 bits per heavy atom. The zero-order valence-corrected chi connectivity index (χ0v) is 30.9. The van der Waals surface area contributed by atoms with Gasteiger partial charge in [0.25, 0.3) is 0 Å². The summed E-state index contributed by atoms with van der Waals surface area (Å²) >= 11 is 0. The molecular weight excluding hydrogens is 760 g/mol. The van der Waals surface area contributed by atoms with E-state index in [2.05, 4.69) is 0 Å². The molecule has 3 N–H and O–H groups in total. The third kappa shape index (κ3) is 10.3. The average molecular weight is 801 g/mol. The molecule has 16 heteroatoms. The van der Waals surface area contributed by atoms with E-state index in [1.54, 1.807) is 72.8 Å². The molecule has 304 valence electrons. The minimum atomic E-state index is -1.94. The van der Waals surface area contributed by atoms with Gasteiger partial charge in [-0.25, -0.2) is 19.2 Å². The van der Waals surface area contributed by atoms with Gasteiger partial charge in [0, 0.05) is 6.92 Å². The topological polar surface area (TPSA) is 220 Å². The van der Waals surface area contributed by atoms with Crippen molar-refractivity contribution < 1.29 is 77.2 Å². The number of rotatable bonds is 13. The van der Waals surface area contributed by atoms with Crippen molar-refractivity contribution >= 4 is 29.8 Å². The molecule has 0 amide bonds. The maximum Gasteiger partial charge on any atom is 0.338 e. The van der Waals surface area contributed by atoms with E-state index in [-0.39, 0.29) is 22.3 Å². The molecule has 0 bridgehead atoms. The first-order valence-corrected chi connectivity index (χ1v) is 18.1. The molecule has 10 atom stereocenters. The summed E-state index contributed by atoms with van der Waals surface area (Å²) in [5.74, 6) is -4.42. The van der Waals surface area contributed by atoms with E-state index >= 15 is 0 Å². The fraction of sp³-hybridized carbons (Fsp3) is 0.310. The minimum Gasteiger partial charge on any atom is -0.459 e. The Balaban J connectivity index is 1.40. The number of aliphatic hydroxyl groups is 3. The molecule has 58 heavy (non-hydrogen) atoms. The van der Waals surface area contributed by atoms with E-state index in [9.17, 15) is 39.3 Å². The van der Waals surface area contributed by atoms with Gasteiger partial charge in [0.1, 0.15) is 31.0 Å². The molecule has 0 aromatic heterocycles. The summed E-state index contributed by atoms with van der Waals surface area (Å²) in [6.07, 6.45) is -17.1. The lowest BCUT2D eigenvalue weighted by atomic mass is 9.97. The number of hydrogen-bond donors (Lipinski definition) is 3. The van der Waals surface area contributed by atoms with Crippen molar-refractivity contribution in [2.45, 2.75) is 68.3 Å². The van der Waals surface area contributed by atoms with Gasteiger partial charge in [0.05, 0.1) is 28.9 Å². The Morgan fingerprint density at radius 2 is 0.897 bits per heavy atom. The first-order valence-electron chi connectivity index (χ1n) is 18.1. The van der Waals surface area contributed by atoms with Gasteiger partial charge in [0.2, 0.25) is 0 Å². The monoisotopic (exact) mass is 800 g/mol. The first kappa shape index (κ1) is 41.6. The van der Waals surface area contributed by atoms with E-state index in [1.165, 1.54) is 48.5 Å². The Bertz CT molecular complexity index is 2000. The smallest absolute Gasteiger partial charge is 0.338 e. The van der Waals surface area contributed by atoms with Crippen LogP contribution in [0.3, 0.4) is 0 Å². The molecule has 2 saturated heterocycles. The number of carbonyl (C=O) groups is 5. The molecule has 6 rings (SSSR count). The lowest BCUT2D eigenvalue weighted by Crippen LogP contribution is -2.64. The van der Waals surface area contributed by atoms with Crippen LogP contribution < -0.4 is 0 Å². The first-order chi connectivity index (χ1) is 28.0. The third-order valence-electron chi connectivity index (χ3n) is 9.12. The summed E-state index contributed by atoms with van der Waals surface area (Å²) < 4.78 is 46.6. The van der Waals surface area contributed by atoms with Crippen LogP contribution in [0.1, 0.15) is 48.4 Å². The van der Waals surface area contributed by atoms with Crippen LogP contribution in [0.4, 0.5) is 0 Å². The highest BCUT2D eigenvalue weighted by atomic mass is 16.7. The zero-order chi connectivity index (χ0) is 41.2. The van der Waals surface area contributed by atoms with Crippen molar-refractivity contribution in [3.63, 3.8) is 0 Å². The van der Waals surface area contributed by atoms with Crippen molar-refractivity contribution in [3.05, 3.63) is 144 Å². The predicted octanol–water partition coefficient (Wildman–Crippen LogP) is 2.63. The summed E-state index contributed by atoms with van der Waals surface area (Å²) in [7, 11) is 0. The van der Waals surface area contributed by atoms with Crippen molar-refractivity contribution in [2.24, 2.45) is 0 Å². The number of ether oxygens (including phenoxy) is 8. The Kier molecular flexibility index (Phi) is 13.9. The van der Waals surface area contributed by atoms with E-state index in [0.717, 1.165) is 6.92 Å². The molecule has 2 heterocycles. The van der Waals surface area contributed by atoms with Crippen LogP contribution in [0.15, 0.2) is 121 Å². The van der Waals surface area contributed by atoms with Gasteiger partial charge in [-0.1, -0.05) is 72.8 Å². The third-order valence-corrected chi connectivity index (χ3v) is 9.12. The van der Waals surface area contributed by atoms with Crippen LogP contribution in [-0.4, -0.2) is 120 Å². The summed E-state index contributed by atoms with van der Waals surface area (Å²) in [4.78, 5) is 66.4. The molecule has 0 saturated carbocycles. The number of carbonyl (C=O) groups excluding carboxylic acids is 5. The summed E-state index contributed by atoms with van der Waals surface area (Å²) in [6.45, 7) is -0.249. The maximum atomic E-state index is 13.8. The largest absolute Gasteiger partial charge is 0.459 e. The number of benzene rings is 4. The lowest BCUT2D eigenvalue weighted by Gasteiger charge is -2.45. The molecule has 0 aliphatic carbocycles. The highest BCUT2D eigenvalue weighted by Crippen LogP contribution is 2.33. The lowest BCUT2D eigenvalue weighted by molar-refractivity contribution is -0.324. The Hall–Kier alpha value is -6.01. The van der Waals surface area contributed by atoms with Crippen molar-refractivity contribution in [3.8, 4) is 0 Å². The van der Waals surface area contributed by atoms with Crippen molar-refractivity contribution in [2.75, 3.05) is 13.2 Å². The molecule has 4 aromatic rings. The second-order valence-corrected chi connectivity index (χ2v) is 13.2. The minimum absolute atomic E-state index is 0.0666. The van der Waals surface area contributed by atoms with Crippen LogP contribution in [-0.2, 0) is 42.7 Å². The normalized spacial score (nSPS) is 26.7. The van der Waals surface area contributed by atoms with Crippen LogP contribution in [0.25, 0.3) is 0 Å². The highest BCUT2D eigenvalue weighted by Gasteiger charge is 2.55. The van der Waals surface area contributed by atoms with Gasteiger partial charge in [-0.3, -0.25) is 4.79 Å². The molecular formula is C42H40O16. The fourth-order valence-electron chi connectivity index (χ4n) is 6.24. The Labute approximate surface area is 331 Å². The highest BCUT2D eigenvalue weighted by molar-refractivity contribution is 5.91. The van der Waals surface area contributed by atoms with E-state index < -0.39 is 104 Å². The molecule has 16 nitrogen and oxygen atoms in total. The summed E-state index contributed by atoms with van der Waals surface area (Å²) in [5.41, 5.74) is 0.408. The van der Waals surface area contributed by atoms with Crippen LogP contribution in [0, 0.1) is 0 Å². The molecule has 0 spiro atoms. The van der Waals surface area contributed by atoms with Gasteiger partial charge >= 0.3 is 29.8 Å². The molecule has 4 aromatic carbocycles. The quantitative estimate of drug-likeness (QED) is 0.131. The average Bonchev–Trinajstić information content (AvgIpc) is 3.25. The number of aliphatic hydroxyl groups excluding tert-OH is 3. The van der Waals surface area contributed by atoms with Gasteiger partial charge in [-0.05, 0) is 48.5 Å². The molecule has 2 aliphatic rings. The van der Waals surface area contributed by atoms with E-state index in [0.29, 0.717) is 0 Å². The molecule has 0 unspecified atom stereocenters. The SMILES string of the molecule is CC(=O)O[C@H]1[C@H](O)[C@H](O)[C@@H](O)O[C@@H]1CO[C@H]1O[C@H](COC(=O)c2ccccc2)[C@@H](OC(=O)c2ccccc2)[C@H](OC(=O)c2ccccc2)[C@@H]1OC(=O)c1ccccc1. The van der Waals surface area contributed by atoms with Gasteiger partial charge in [0.15, 0.2) is 37.0 Å². The molecule has 0 radical (unpaired) electrons. The fourth-order valence-corrected chi connectivity index (χ4v) is 6.24. The van der Waals surface area contributed by atoms with Gasteiger partial charge < -0.3 is 53.2 Å². The van der Waals surface area contributed by atoms with E-state index in [4.69, 9.17) is 37.9 Å². The van der Waals surface area contributed by atoms with Gasteiger partial charge in [-0.15, -0.1) is 0 Å². The zero-order valence-electron chi connectivity index (χ0n) is 30.9. The number of esters is 5. The number of hydrogen-bond acceptors (Lipinski definition) is 16. The van der Waals surface area contributed by atoms with Crippen LogP contribution in [0.2, 0.25) is 0 Å². The van der Waals surface area contributed by atoms with Crippen LogP contribution in [0.5, 0.6) is 0 Å². The Morgan fingerprint density at radius 1 is 0.483 bits per heavy atom. The van der Waals surface area contributed by atoms with Gasteiger partial charge in [-0.2, -0.15) is 0 Å². The molecule has 2 aliphatic heterocycles. The summed E-state index contributed by atoms with van der Waals surface area (Å²) in [6, 6.07) is 31.3. The summed E-state index contributed by atoms with van der Waals surface area (Å²) in [5, 5.41) is 31.3. The van der Waals surface area contributed by atoms with Crippen molar-refractivity contribution in [1.29, 1.82) is 0 Å². The van der Waals surface area contributed by atoms with E-state index in [1.807, 2.05) is 0 Å². The predicted molar refractivity (Wildman–Crippen MR) is 197 cm³/mol. The van der Waals surface area contributed by atoms with Crippen molar-refractivity contribution in [1.82, 2.24) is 0 Å². The molecule has 2 fully saturated rings. The second-order valence-electron chi connectivity index (χ2n) is 13.2. The standard InChI is InChI=1S/C42H40O16/c1-24(43)53-33-29(54-41(50)32(45)31(33)44)23-52-42-36(58-40(49)28-20-12-5-13-21-28)35(57-39(48)27-18-10-4-11-19-27)34(56-38(47)26-16-8-3-9-17-26)30(55-42)22-51-37(46)25-14-6-2-7-15-25/h2-21,29-36,41-42,44-45,50H,22-23H2,1H3/t29-,30-,31-,32+,33-,34-,35+,36+,41+,42+/m1/s1. The van der Waals surface area contributed by atoms with Crippen LogP contribution >= 0.6 is 0 Å². The second kappa shape index (κ2) is 19.4.